The van der Waals surface area contributed by atoms with Gasteiger partial charge in [0.25, 0.3) is 0 Å². The Morgan fingerprint density at radius 3 is 2.56 bits per heavy atom. The molecule has 0 aliphatic carbocycles. The van der Waals surface area contributed by atoms with Gasteiger partial charge in [-0.05, 0) is 31.2 Å². The molecular formula is C13H14N4O. The fourth-order valence-corrected chi connectivity index (χ4v) is 1.94. The van der Waals surface area contributed by atoms with Crippen molar-refractivity contribution < 1.29 is 4.74 Å². The van der Waals surface area contributed by atoms with E-state index in [9.17, 15) is 0 Å². The minimum atomic E-state index is 0.172. The van der Waals surface area contributed by atoms with Gasteiger partial charge >= 0.3 is 0 Å². The van der Waals surface area contributed by atoms with Crippen LogP contribution in [0.5, 0.6) is 5.75 Å². The number of hydrogen-bond acceptors (Lipinski definition) is 5. The lowest BCUT2D eigenvalue weighted by Gasteiger charge is -2.04. The van der Waals surface area contributed by atoms with Gasteiger partial charge in [-0.15, -0.1) is 0 Å². The second-order valence-corrected chi connectivity index (χ2v) is 4.19. The van der Waals surface area contributed by atoms with Crippen molar-refractivity contribution in [1.29, 1.82) is 0 Å². The maximum absolute atomic E-state index is 5.13. The molecule has 1 aromatic heterocycles. The van der Waals surface area contributed by atoms with Gasteiger partial charge in [0.2, 0.25) is 0 Å². The van der Waals surface area contributed by atoms with Crippen LogP contribution in [0.2, 0.25) is 0 Å². The summed E-state index contributed by atoms with van der Waals surface area (Å²) in [5, 5.41) is 6.41. The van der Waals surface area contributed by atoms with Gasteiger partial charge in [0.05, 0.1) is 25.2 Å². The first-order valence-corrected chi connectivity index (χ1v) is 5.81. The number of anilines is 2. The van der Waals surface area contributed by atoms with Gasteiger partial charge in [-0.1, -0.05) is 0 Å². The van der Waals surface area contributed by atoms with E-state index in [1.165, 1.54) is 0 Å². The molecule has 0 amide bonds. The molecule has 0 spiro atoms. The van der Waals surface area contributed by atoms with Crippen LogP contribution in [0, 0.1) is 0 Å². The number of aromatic nitrogens is 2. The summed E-state index contributed by atoms with van der Waals surface area (Å²) >= 11 is 0. The van der Waals surface area contributed by atoms with E-state index < -0.39 is 0 Å². The molecule has 0 saturated heterocycles. The van der Waals surface area contributed by atoms with Gasteiger partial charge in [-0.2, -0.15) is 0 Å². The lowest BCUT2D eigenvalue weighted by molar-refractivity contribution is 0.415. The van der Waals surface area contributed by atoms with E-state index in [-0.39, 0.29) is 6.17 Å². The predicted molar refractivity (Wildman–Crippen MR) is 70.7 cm³/mol. The molecule has 1 aliphatic heterocycles. The van der Waals surface area contributed by atoms with Gasteiger partial charge in [-0.3, -0.25) is 0 Å². The van der Waals surface area contributed by atoms with Crippen LogP contribution in [-0.2, 0) is 0 Å². The number of benzene rings is 1. The third-order valence-corrected chi connectivity index (χ3v) is 2.86. The van der Waals surface area contributed by atoms with Crippen molar-refractivity contribution >= 4 is 11.6 Å². The van der Waals surface area contributed by atoms with Crippen molar-refractivity contribution in [1.82, 2.24) is 9.97 Å². The highest BCUT2D eigenvalue weighted by Crippen LogP contribution is 2.28. The van der Waals surface area contributed by atoms with Crippen molar-refractivity contribution in [2.75, 3.05) is 17.7 Å². The molecule has 2 N–H and O–H groups in total. The summed E-state index contributed by atoms with van der Waals surface area (Å²) in [6.45, 7) is 2.02. The average Bonchev–Trinajstić information content (AvgIpc) is 2.78. The zero-order valence-electron chi connectivity index (χ0n) is 10.3. The Labute approximate surface area is 105 Å². The molecule has 92 valence electrons. The maximum atomic E-state index is 5.13. The highest BCUT2D eigenvalue weighted by molar-refractivity contribution is 5.70. The average molecular weight is 242 g/mol. The standard InChI is InChI=1S/C13H14N4O/c1-8-15-12-13(16-8)17-11(7-14-12)9-3-5-10(18-2)6-4-9/h3-8H,1-2H3,(H,14,15)(H,16,17). The molecule has 0 bridgehead atoms. The molecule has 0 radical (unpaired) electrons. The third kappa shape index (κ3) is 1.84. The van der Waals surface area contributed by atoms with Gasteiger partial charge in [-0.25, -0.2) is 9.97 Å². The number of ether oxygens (including phenoxy) is 1. The minimum Gasteiger partial charge on any atom is -0.497 e. The Morgan fingerprint density at radius 1 is 1.11 bits per heavy atom. The predicted octanol–water partition coefficient (Wildman–Crippen LogP) is 2.34. The molecular weight excluding hydrogens is 228 g/mol. The molecule has 0 saturated carbocycles. The number of rotatable bonds is 2. The Hall–Kier alpha value is -2.30. The van der Waals surface area contributed by atoms with E-state index in [0.29, 0.717) is 0 Å². The summed E-state index contributed by atoms with van der Waals surface area (Å²) in [6, 6.07) is 7.78. The Kier molecular flexibility index (Phi) is 2.51. The van der Waals surface area contributed by atoms with E-state index in [1.54, 1.807) is 13.3 Å². The van der Waals surface area contributed by atoms with E-state index in [4.69, 9.17) is 4.74 Å². The van der Waals surface area contributed by atoms with Crippen LogP contribution >= 0.6 is 0 Å². The van der Waals surface area contributed by atoms with Gasteiger partial charge in [0.1, 0.15) is 5.75 Å². The summed E-state index contributed by atoms with van der Waals surface area (Å²) in [7, 11) is 1.65. The summed E-state index contributed by atoms with van der Waals surface area (Å²) in [5.74, 6) is 2.44. The van der Waals surface area contributed by atoms with E-state index >= 15 is 0 Å². The number of nitrogens with one attached hydrogen (secondary N) is 2. The van der Waals surface area contributed by atoms with Crippen LogP contribution in [-0.4, -0.2) is 23.2 Å². The molecule has 5 nitrogen and oxygen atoms in total. The van der Waals surface area contributed by atoms with Crippen LogP contribution < -0.4 is 15.4 Å². The van der Waals surface area contributed by atoms with E-state index in [1.807, 2.05) is 31.2 Å². The normalized spacial score (nSPS) is 16.7. The topological polar surface area (TPSA) is 59.1 Å². The summed E-state index contributed by atoms with van der Waals surface area (Å²) in [5.41, 5.74) is 1.87. The minimum absolute atomic E-state index is 0.172. The lowest BCUT2D eigenvalue weighted by atomic mass is 10.1. The largest absolute Gasteiger partial charge is 0.497 e. The maximum Gasteiger partial charge on any atom is 0.171 e. The monoisotopic (exact) mass is 242 g/mol. The third-order valence-electron chi connectivity index (χ3n) is 2.86. The summed E-state index contributed by atoms with van der Waals surface area (Å²) in [6.07, 6.45) is 1.94. The molecule has 1 atom stereocenters. The van der Waals surface area contributed by atoms with Crippen molar-refractivity contribution in [3.63, 3.8) is 0 Å². The molecule has 5 heteroatoms. The zero-order chi connectivity index (χ0) is 12.5. The van der Waals surface area contributed by atoms with Crippen LogP contribution in [0.4, 0.5) is 11.6 Å². The number of hydrogen-bond donors (Lipinski definition) is 2. The van der Waals surface area contributed by atoms with Crippen molar-refractivity contribution in [3.8, 4) is 17.0 Å². The molecule has 1 aromatic carbocycles. The van der Waals surface area contributed by atoms with Gasteiger partial charge < -0.3 is 15.4 Å². The molecule has 0 fully saturated rings. The van der Waals surface area contributed by atoms with Crippen LogP contribution in [0.3, 0.4) is 0 Å². The first-order valence-electron chi connectivity index (χ1n) is 5.81. The van der Waals surface area contributed by atoms with E-state index in [2.05, 4.69) is 20.6 Å². The molecule has 2 heterocycles. The van der Waals surface area contributed by atoms with E-state index in [0.717, 1.165) is 28.6 Å². The second kappa shape index (κ2) is 4.18. The second-order valence-electron chi connectivity index (χ2n) is 4.19. The van der Waals surface area contributed by atoms with Crippen molar-refractivity contribution in [2.45, 2.75) is 13.1 Å². The SMILES string of the molecule is COc1ccc(-c2cnc3c(n2)NC(C)N3)cc1. The first-order chi connectivity index (χ1) is 8.76. The van der Waals surface area contributed by atoms with Crippen molar-refractivity contribution in [3.05, 3.63) is 30.5 Å². The van der Waals surface area contributed by atoms with Crippen molar-refractivity contribution in [2.24, 2.45) is 0 Å². The Morgan fingerprint density at radius 2 is 1.83 bits per heavy atom. The number of fused-ring (bicyclic) bond motifs is 1. The summed E-state index contributed by atoms with van der Waals surface area (Å²) in [4.78, 5) is 8.91. The molecule has 3 rings (SSSR count). The fraction of sp³-hybridized carbons (Fsp3) is 0.231. The lowest BCUT2D eigenvalue weighted by Crippen LogP contribution is -2.16. The molecule has 2 aromatic rings. The number of methoxy groups -OCH3 is 1. The first kappa shape index (κ1) is 10.8. The van der Waals surface area contributed by atoms with Crippen LogP contribution in [0.1, 0.15) is 6.92 Å². The van der Waals surface area contributed by atoms with Gasteiger partial charge in [0, 0.05) is 5.56 Å². The highest BCUT2D eigenvalue weighted by atomic mass is 16.5. The quantitative estimate of drug-likeness (QED) is 0.846. The fourth-order valence-electron chi connectivity index (χ4n) is 1.94. The Balaban J connectivity index is 1.95. The van der Waals surface area contributed by atoms with Crippen LogP contribution in [0.25, 0.3) is 11.3 Å². The molecule has 1 unspecified atom stereocenters. The smallest absolute Gasteiger partial charge is 0.171 e. The van der Waals surface area contributed by atoms with Crippen LogP contribution in [0.15, 0.2) is 30.5 Å². The zero-order valence-corrected chi connectivity index (χ0v) is 10.3. The molecule has 1 aliphatic rings. The van der Waals surface area contributed by atoms with Gasteiger partial charge in [0.15, 0.2) is 11.6 Å². The Bertz CT molecular complexity index is 568. The molecule has 18 heavy (non-hydrogen) atoms. The number of nitrogens with zero attached hydrogens (tertiary/aromatic N) is 2. The highest BCUT2D eigenvalue weighted by Gasteiger charge is 2.18. The summed E-state index contributed by atoms with van der Waals surface area (Å²) < 4.78 is 5.13.